The Morgan fingerprint density at radius 3 is 2.30 bits per heavy atom. The maximum Gasteiger partial charge on any atom is 0.317 e. The molecule has 1 amide bonds. The first-order valence-corrected chi connectivity index (χ1v) is 8.28. The van der Waals surface area contributed by atoms with Gasteiger partial charge in [-0.25, -0.2) is 8.42 Å². The molecule has 1 aliphatic rings. The van der Waals surface area contributed by atoms with Gasteiger partial charge in [0.2, 0.25) is 5.91 Å². The minimum atomic E-state index is -3.11. The zero-order valence-electron chi connectivity index (χ0n) is 12.0. The topological polar surface area (TPSA) is 104 Å². The average Bonchev–Trinajstić information content (AvgIpc) is 2.54. The van der Waals surface area contributed by atoms with Gasteiger partial charge in [-0.05, 0) is 27.2 Å². The number of carboxylic acids is 1. The molecule has 0 radical (unpaired) electrons. The van der Waals surface area contributed by atoms with Crippen LogP contribution in [-0.4, -0.2) is 66.5 Å². The quantitative estimate of drug-likeness (QED) is 0.708. The van der Waals surface area contributed by atoms with Crippen molar-refractivity contribution in [1.82, 2.24) is 10.2 Å². The maximum atomic E-state index is 11.9. The van der Waals surface area contributed by atoms with Crippen LogP contribution in [-0.2, 0) is 19.4 Å². The summed E-state index contributed by atoms with van der Waals surface area (Å²) in [7, 11) is -3.11. The SMILES string of the molecule is CC(C)(C)NC(=O)CN(CC(=O)O)C1CCS(=O)(=O)C1. The molecule has 116 valence electrons. The number of carbonyl (C=O) groups excluding carboxylic acids is 1. The summed E-state index contributed by atoms with van der Waals surface area (Å²) in [5.41, 5.74) is -0.409. The van der Waals surface area contributed by atoms with Crippen molar-refractivity contribution < 1.29 is 23.1 Å². The van der Waals surface area contributed by atoms with Crippen molar-refractivity contribution in [2.45, 2.75) is 38.8 Å². The molecule has 8 heteroatoms. The molecule has 1 unspecified atom stereocenters. The zero-order chi connectivity index (χ0) is 15.6. The summed E-state index contributed by atoms with van der Waals surface area (Å²) in [6.07, 6.45) is 0.373. The van der Waals surface area contributed by atoms with Gasteiger partial charge < -0.3 is 10.4 Å². The summed E-state index contributed by atoms with van der Waals surface area (Å²) in [5.74, 6) is -1.40. The highest BCUT2D eigenvalue weighted by atomic mass is 32.2. The summed E-state index contributed by atoms with van der Waals surface area (Å²) < 4.78 is 22.9. The number of amides is 1. The lowest BCUT2D eigenvalue weighted by Crippen LogP contribution is -2.50. The Labute approximate surface area is 119 Å². The van der Waals surface area contributed by atoms with E-state index >= 15 is 0 Å². The Kier molecular flexibility index (Phi) is 5.15. The highest BCUT2D eigenvalue weighted by Crippen LogP contribution is 2.17. The third kappa shape index (κ3) is 5.87. The number of rotatable bonds is 5. The van der Waals surface area contributed by atoms with Crippen molar-refractivity contribution in [3.63, 3.8) is 0 Å². The van der Waals surface area contributed by atoms with Gasteiger partial charge in [0.25, 0.3) is 0 Å². The van der Waals surface area contributed by atoms with Gasteiger partial charge in [0.15, 0.2) is 9.84 Å². The summed E-state index contributed by atoms with van der Waals surface area (Å²) in [5, 5.41) is 11.6. The minimum absolute atomic E-state index is 0.0503. The standard InChI is InChI=1S/C12H22N2O5S/c1-12(2,3)13-10(15)6-14(7-11(16)17)9-4-5-20(18,19)8-9/h9H,4-8H2,1-3H3,(H,13,15)(H,16,17). The molecular weight excluding hydrogens is 284 g/mol. The van der Waals surface area contributed by atoms with Gasteiger partial charge in [-0.15, -0.1) is 0 Å². The molecule has 0 aromatic rings. The van der Waals surface area contributed by atoms with Crippen LogP contribution in [0, 0.1) is 0 Å². The third-order valence-electron chi connectivity index (χ3n) is 2.92. The van der Waals surface area contributed by atoms with E-state index in [4.69, 9.17) is 5.11 Å². The molecule has 20 heavy (non-hydrogen) atoms. The number of carboxylic acid groups (broad SMARTS) is 1. The summed E-state index contributed by atoms with van der Waals surface area (Å²) >= 11 is 0. The lowest BCUT2D eigenvalue weighted by molar-refractivity contribution is -0.139. The second-order valence-electron chi connectivity index (χ2n) is 6.15. The molecule has 1 heterocycles. The van der Waals surface area contributed by atoms with Crippen molar-refractivity contribution in [3.8, 4) is 0 Å². The van der Waals surface area contributed by atoms with E-state index in [9.17, 15) is 18.0 Å². The summed E-state index contributed by atoms with van der Waals surface area (Å²) in [6.45, 7) is 5.03. The molecular formula is C12H22N2O5S. The van der Waals surface area contributed by atoms with Crippen LogP contribution in [0.4, 0.5) is 0 Å². The second-order valence-corrected chi connectivity index (χ2v) is 8.38. The van der Waals surface area contributed by atoms with E-state index in [2.05, 4.69) is 5.32 Å². The van der Waals surface area contributed by atoms with E-state index in [1.54, 1.807) is 0 Å². The van der Waals surface area contributed by atoms with Crippen LogP contribution < -0.4 is 5.32 Å². The Hall–Kier alpha value is -1.15. The molecule has 2 N–H and O–H groups in total. The predicted octanol–water partition coefficient (Wildman–Crippen LogP) is -0.525. The third-order valence-corrected chi connectivity index (χ3v) is 4.67. The fourth-order valence-corrected chi connectivity index (χ4v) is 3.96. The van der Waals surface area contributed by atoms with Crippen LogP contribution in [0.1, 0.15) is 27.2 Å². The van der Waals surface area contributed by atoms with E-state index < -0.39 is 27.4 Å². The molecule has 0 aliphatic carbocycles. The number of hydrogen-bond acceptors (Lipinski definition) is 5. The van der Waals surface area contributed by atoms with Crippen LogP contribution in [0.2, 0.25) is 0 Å². The Bertz CT molecular complexity index is 481. The summed E-state index contributed by atoms with van der Waals surface area (Å²) in [6, 6.07) is -0.401. The van der Waals surface area contributed by atoms with Crippen molar-refractivity contribution in [1.29, 1.82) is 0 Å². The number of sulfone groups is 1. The van der Waals surface area contributed by atoms with Crippen LogP contribution in [0.5, 0.6) is 0 Å². The first-order valence-electron chi connectivity index (χ1n) is 6.46. The normalized spacial score (nSPS) is 21.9. The van der Waals surface area contributed by atoms with Crippen molar-refractivity contribution in [3.05, 3.63) is 0 Å². The lowest BCUT2D eigenvalue weighted by Gasteiger charge is -2.28. The van der Waals surface area contributed by atoms with Gasteiger partial charge in [-0.2, -0.15) is 0 Å². The summed E-state index contributed by atoms with van der Waals surface area (Å²) in [4.78, 5) is 24.2. The van der Waals surface area contributed by atoms with E-state index in [0.29, 0.717) is 6.42 Å². The van der Waals surface area contributed by atoms with Crippen molar-refractivity contribution in [2.24, 2.45) is 0 Å². The number of nitrogens with zero attached hydrogens (tertiary/aromatic N) is 1. The Morgan fingerprint density at radius 2 is 1.90 bits per heavy atom. The first kappa shape index (κ1) is 16.9. The predicted molar refractivity (Wildman–Crippen MR) is 74.2 cm³/mol. The monoisotopic (exact) mass is 306 g/mol. The average molecular weight is 306 g/mol. The fourth-order valence-electron chi connectivity index (χ4n) is 2.19. The molecule has 1 atom stereocenters. The highest BCUT2D eigenvalue weighted by molar-refractivity contribution is 7.91. The maximum absolute atomic E-state index is 11.9. The van der Waals surface area contributed by atoms with Crippen LogP contribution in [0.3, 0.4) is 0 Å². The fraction of sp³-hybridized carbons (Fsp3) is 0.833. The minimum Gasteiger partial charge on any atom is -0.480 e. The zero-order valence-corrected chi connectivity index (χ0v) is 12.9. The molecule has 0 aromatic carbocycles. The smallest absolute Gasteiger partial charge is 0.317 e. The van der Waals surface area contributed by atoms with Crippen LogP contribution in [0.15, 0.2) is 0 Å². The van der Waals surface area contributed by atoms with E-state index in [1.165, 1.54) is 4.90 Å². The van der Waals surface area contributed by atoms with Crippen LogP contribution in [0.25, 0.3) is 0 Å². The molecule has 1 saturated heterocycles. The molecule has 0 spiro atoms. The number of hydrogen-bond donors (Lipinski definition) is 2. The largest absolute Gasteiger partial charge is 0.480 e. The van der Waals surface area contributed by atoms with Crippen molar-refractivity contribution in [2.75, 3.05) is 24.6 Å². The number of aliphatic carboxylic acids is 1. The molecule has 1 rings (SSSR count). The molecule has 0 saturated carbocycles. The van der Waals surface area contributed by atoms with Crippen LogP contribution >= 0.6 is 0 Å². The molecule has 0 aromatic heterocycles. The number of carbonyl (C=O) groups is 2. The van der Waals surface area contributed by atoms with Gasteiger partial charge in [0, 0.05) is 11.6 Å². The van der Waals surface area contributed by atoms with E-state index in [-0.39, 0.29) is 30.5 Å². The Morgan fingerprint density at radius 1 is 1.30 bits per heavy atom. The molecule has 7 nitrogen and oxygen atoms in total. The van der Waals surface area contributed by atoms with Gasteiger partial charge >= 0.3 is 5.97 Å². The lowest BCUT2D eigenvalue weighted by atomic mass is 10.1. The van der Waals surface area contributed by atoms with E-state index in [1.807, 2.05) is 20.8 Å². The van der Waals surface area contributed by atoms with Gasteiger partial charge in [-0.3, -0.25) is 14.5 Å². The molecule has 1 aliphatic heterocycles. The first-order chi connectivity index (χ1) is 8.98. The van der Waals surface area contributed by atoms with Crippen molar-refractivity contribution >= 4 is 21.7 Å². The Balaban J connectivity index is 2.70. The molecule has 0 bridgehead atoms. The van der Waals surface area contributed by atoms with Gasteiger partial charge in [0.1, 0.15) is 0 Å². The molecule has 1 fully saturated rings. The van der Waals surface area contributed by atoms with Gasteiger partial charge in [-0.1, -0.05) is 0 Å². The van der Waals surface area contributed by atoms with Gasteiger partial charge in [0.05, 0.1) is 24.6 Å². The highest BCUT2D eigenvalue weighted by Gasteiger charge is 2.34. The number of nitrogens with one attached hydrogen (secondary N) is 1. The van der Waals surface area contributed by atoms with E-state index in [0.717, 1.165) is 0 Å². The second kappa shape index (κ2) is 6.09.